The monoisotopic (exact) mass is 351 g/mol. The zero-order valence-corrected chi connectivity index (χ0v) is 15.4. The van der Waals surface area contributed by atoms with Crippen molar-refractivity contribution in [3.05, 3.63) is 22.5 Å². The maximum atomic E-state index is 12.8. The molecular weight excluding hydrogens is 324 g/mol. The number of ether oxygens (including phenoxy) is 2. The van der Waals surface area contributed by atoms with Gasteiger partial charge in [0.2, 0.25) is 5.78 Å². The van der Waals surface area contributed by atoms with Crippen molar-refractivity contribution >= 4 is 17.7 Å². The van der Waals surface area contributed by atoms with E-state index in [4.69, 9.17) is 9.47 Å². The molecule has 1 aromatic heterocycles. The second kappa shape index (κ2) is 8.29. The lowest BCUT2D eigenvalue weighted by atomic mass is 9.96. The molecule has 0 bridgehead atoms. The lowest BCUT2D eigenvalue weighted by Gasteiger charge is -2.27. The molecule has 0 radical (unpaired) electrons. The average Bonchev–Trinajstić information content (AvgIpc) is 2.89. The Hall–Kier alpha value is -2.15. The fourth-order valence-electron chi connectivity index (χ4n) is 3.51. The molecule has 138 valence electrons. The van der Waals surface area contributed by atoms with Crippen molar-refractivity contribution in [2.75, 3.05) is 33.4 Å². The van der Waals surface area contributed by atoms with Crippen molar-refractivity contribution in [1.82, 2.24) is 4.98 Å². The van der Waals surface area contributed by atoms with Crippen LogP contribution in [0.5, 0.6) is 0 Å². The van der Waals surface area contributed by atoms with E-state index in [1.54, 1.807) is 20.8 Å². The maximum Gasteiger partial charge on any atom is 0.340 e. The van der Waals surface area contributed by atoms with Crippen molar-refractivity contribution in [2.24, 2.45) is 5.92 Å². The smallest absolute Gasteiger partial charge is 0.340 e. The first-order valence-electron chi connectivity index (χ1n) is 8.69. The highest BCUT2D eigenvalue weighted by Gasteiger charge is 2.32. The molecule has 1 fully saturated rings. The number of Topliss-reactive ketones (excluding diaryl/α,β-unsaturated/α-hetero) is 1. The van der Waals surface area contributed by atoms with Gasteiger partial charge in [-0.1, -0.05) is 0 Å². The number of ketones is 1. The van der Waals surface area contributed by atoms with E-state index in [9.17, 15) is 14.4 Å². The summed E-state index contributed by atoms with van der Waals surface area (Å²) in [5.41, 5.74) is 2.11. The summed E-state index contributed by atoms with van der Waals surface area (Å²) in [5, 5.41) is 0. The van der Waals surface area contributed by atoms with E-state index < -0.39 is 5.97 Å². The molecule has 0 amide bonds. The number of likely N-dealkylation sites (tertiary alicyclic amines) is 1. The summed E-state index contributed by atoms with van der Waals surface area (Å²) in [5.74, 6) is -0.786. The minimum absolute atomic E-state index is 0.0728. The molecule has 7 nitrogen and oxygen atoms in total. The molecule has 1 aliphatic heterocycles. The van der Waals surface area contributed by atoms with Crippen LogP contribution in [-0.2, 0) is 14.3 Å². The zero-order chi connectivity index (χ0) is 18.6. The number of methoxy groups -OCH3 is 1. The second-order valence-corrected chi connectivity index (χ2v) is 6.49. The van der Waals surface area contributed by atoms with Crippen LogP contribution in [0.4, 0.5) is 0 Å². The molecule has 2 rings (SSSR count). The highest BCUT2D eigenvalue weighted by atomic mass is 16.5. The van der Waals surface area contributed by atoms with Gasteiger partial charge in [-0.3, -0.25) is 9.59 Å². The molecule has 2 heterocycles. The molecule has 2 N–H and O–H groups in total. The van der Waals surface area contributed by atoms with Crippen molar-refractivity contribution < 1.29 is 28.8 Å². The molecular formula is C18H27N2O5+. The number of aromatic amines is 1. The summed E-state index contributed by atoms with van der Waals surface area (Å²) in [4.78, 5) is 40.8. The summed E-state index contributed by atoms with van der Waals surface area (Å²) in [6.45, 7) is 7.35. The number of aromatic nitrogens is 1. The third-order valence-corrected chi connectivity index (χ3v) is 4.77. The van der Waals surface area contributed by atoms with Gasteiger partial charge in [0.25, 0.3) is 0 Å². The van der Waals surface area contributed by atoms with Crippen LogP contribution in [0, 0.1) is 19.8 Å². The number of piperidine rings is 1. The van der Waals surface area contributed by atoms with Crippen molar-refractivity contribution in [3.8, 4) is 0 Å². The number of carbonyl (C=O) groups excluding carboxylic acids is 3. The number of rotatable bonds is 6. The van der Waals surface area contributed by atoms with E-state index in [-0.39, 0.29) is 24.3 Å². The van der Waals surface area contributed by atoms with Crippen molar-refractivity contribution in [2.45, 2.75) is 33.6 Å². The number of esters is 2. The first-order chi connectivity index (χ1) is 11.9. The van der Waals surface area contributed by atoms with Crippen LogP contribution >= 0.6 is 0 Å². The van der Waals surface area contributed by atoms with Gasteiger partial charge in [0, 0.05) is 24.2 Å². The third-order valence-electron chi connectivity index (χ3n) is 4.77. The number of nitrogens with one attached hydrogen (secondary N) is 2. The predicted molar refractivity (Wildman–Crippen MR) is 90.9 cm³/mol. The third kappa shape index (κ3) is 4.28. The molecule has 0 unspecified atom stereocenters. The Bertz CT molecular complexity index is 657. The fourth-order valence-corrected chi connectivity index (χ4v) is 3.51. The van der Waals surface area contributed by atoms with Gasteiger partial charge >= 0.3 is 11.9 Å². The minimum Gasteiger partial charge on any atom is -0.469 e. The molecule has 1 saturated heterocycles. The highest BCUT2D eigenvalue weighted by molar-refractivity contribution is 6.08. The highest BCUT2D eigenvalue weighted by Crippen LogP contribution is 2.20. The van der Waals surface area contributed by atoms with E-state index in [0.29, 0.717) is 41.9 Å². The van der Waals surface area contributed by atoms with E-state index in [1.165, 1.54) is 7.11 Å². The molecule has 0 atom stereocenters. The summed E-state index contributed by atoms with van der Waals surface area (Å²) < 4.78 is 9.87. The van der Waals surface area contributed by atoms with E-state index in [2.05, 4.69) is 4.98 Å². The first kappa shape index (κ1) is 19.2. The Balaban J connectivity index is 2.07. The summed E-state index contributed by atoms with van der Waals surface area (Å²) >= 11 is 0. The molecule has 1 aliphatic rings. The number of hydrogen-bond acceptors (Lipinski definition) is 5. The van der Waals surface area contributed by atoms with Crippen molar-refractivity contribution in [3.63, 3.8) is 0 Å². The quantitative estimate of drug-likeness (QED) is 0.574. The number of aryl methyl sites for hydroxylation is 2. The largest absolute Gasteiger partial charge is 0.469 e. The van der Waals surface area contributed by atoms with Crippen LogP contribution < -0.4 is 4.90 Å². The molecule has 25 heavy (non-hydrogen) atoms. The van der Waals surface area contributed by atoms with Gasteiger partial charge in [-0.2, -0.15) is 0 Å². The van der Waals surface area contributed by atoms with Crippen LogP contribution in [0.25, 0.3) is 0 Å². The average molecular weight is 351 g/mol. The number of carbonyl (C=O) groups is 3. The van der Waals surface area contributed by atoms with Gasteiger partial charge in [-0.05, 0) is 20.8 Å². The van der Waals surface area contributed by atoms with E-state index >= 15 is 0 Å². The van der Waals surface area contributed by atoms with Gasteiger partial charge in [0.15, 0.2) is 0 Å². The molecule has 7 heteroatoms. The number of H-pyrrole nitrogens is 1. The lowest BCUT2D eigenvalue weighted by molar-refractivity contribution is -0.897. The normalized spacial score (nSPS) is 20.2. The van der Waals surface area contributed by atoms with Gasteiger partial charge in [-0.15, -0.1) is 0 Å². The van der Waals surface area contributed by atoms with Crippen molar-refractivity contribution in [1.29, 1.82) is 0 Å². The zero-order valence-electron chi connectivity index (χ0n) is 15.4. The van der Waals surface area contributed by atoms with Gasteiger partial charge in [0.1, 0.15) is 6.54 Å². The molecule has 0 aliphatic carbocycles. The Labute approximate surface area is 147 Å². The Kier molecular flexibility index (Phi) is 6.36. The first-order valence-corrected chi connectivity index (χ1v) is 8.69. The molecule has 1 aromatic rings. The Morgan fingerprint density at radius 3 is 2.28 bits per heavy atom. The Morgan fingerprint density at radius 2 is 1.72 bits per heavy atom. The minimum atomic E-state index is -0.466. The van der Waals surface area contributed by atoms with Crippen LogP contribution in [0.3, 0.4) is 0 Å². The summed E-state index contributed by atoms with van der Waals surface area (Å²) in [7, 11) is 1.40. The van der Waals surface area contributed by atoms with Crippen LogP contribution in [0.2, 0.25) is 0 Å². The maximum absolute atomic E-state index is 12.8. The van der Waals surface area contributed by atoms with Gasteiger partial charge in [-0.25, -0.2) is 4.79 Å². The summed E-state index contributed by atoms with van der Waals surface area (Å²) in [6.07, 6.45) is 1.43. The number of hydrogen-bond donors (Lipinski definition) is 2. The van der Waals surface area contributed by atoms with Gasteiger partial charge < -0.3 is 19.4 Å². The number of quaternary nitrogens is 1. The Morgan fingerprint density at radius 1 is 1.12 bits per heavy atom. The lowest BCUT2D eigenvalue weighted by Crippen LogP contribution is -3.14. The van der Waals surface area contributed by atoms with Crippen LogP contribution in [0.15, 0.2) is 0 Å². The van der Waals surface area contributed by atoms with Crippen LogP contribution in [-0.4, -0.2) is 56.1 Å². The summed E-state index contributed by atoms with van der Waals surface area (Å²) in [6, 6.07) is 0. The molecule has 0 aromatic carbocycles. The SMILES string of the molecule is CCOC(=O)c1c(C)[nH]c(C)c1C(=O)C[NH+]1CCC(C(=O)OC)CC1. The molecule has 0 spiro atoms. The standard InChI is InChI=1S/C18H26N2O5/c1-5-25-18(23)16-12(3)19-11(2)15(16)14(21)10-20-8-6-13(7-9-20)17(22)24-4/h13,19H,5-10H2,1-4H3/p+1. The topological polar surface area (TPSA) is 89.9 Å². The second-order valence-electron chi connectivity index (χ2n) is 6.49. The fraction of sp³-hybridized carbons (Fsp3) is 0.611. The van der Waals surface area contributed by atoms with Crippen LogP contribution in [0.1, 0.15) is 51.9 Å². The van der Waals surface area contributed by atoms with E-state index in [1.807, 2.05) is 0 Å². The van der Waals surface area contributed by atoms with Gasteiger partial charge in [0.05, 0.1) is 43.9 Å². The predicted octanol–water partition coefficient (Wildman–Crippen LogP) is 0.459. The van der Waals surface area contributed by atoms with E-state index in [0.717, 1.165) is 18.0 Å². The molecule has 0 saturated carbocycles.